The fourth-order valence-electron chi connectivity index (χ4n) is 4.06. The Morgan fingerprint density at radius 1 is 1.07 bits per heavy atom. The summed E-state index contributed by atoms with van der Waals surface area (Å²) in [6.07, 6.45) is 2.96. The molecule has 0 spiro atoms. The maximum atomic E-state index is 13.4. The van der Waals surface area contributed by atoms with E-state index in [1.807, 2.05) is 29.2 Å². The first-order chi connectivity index (χ1) is 13.0. The van der Waals surface area contributed by atoms with Gasteiger partial charge in [-0.15, -0.1) is 0 Å². The zero-order valence-corrected chi connectivity index (χ0v) is 16.1. The third kappa shape index (κ3) is 3.41. The van der Waals surface area contributed by atoms with Gasteiger partial charge >= 0.3 is 0 Å². The number of para-hydroxylation sites is 1. The molecule has 1 aliphatic carbocycles. The van der Waals surface area contributed by atoms with Crippen molar-refractivity contribution in [2.45, 2.75) is 19.3 Å². The van der Waals surface area contributed by atoms with Gasteiger partial charge in [0.2, 0.25) is 5.91 Å². The van der Waals surface area contributed by atoms with Crippen molar-refractivity contribution in [2.24, 2.45) is 0 Å². The van der Waals surface area contributed by atoms with Crippen molar-refractivity contribution >= 4 is 22.7 Å². The minimum Gasteiger partial charge on any atom is -0.348 e. The van der Waals surface area contributed by atoms with Crippen LogP contribution in [0.15, 0.2) is 24.3 Å². The van der Waals surface area contributed by atoms with Crippen molar-refractivity contribution in [2.75, 3.05) is 46.8 Å². The van der Waals surface area contributed by atoms with E-state index in [-0.39, 0.29) is 11.8 Å². The van der Waals surface area contributed by atoms with E-state index in [1.54, 1.807) is 19.0 Å². The molecule has 0 unspecified atom stereocenters. The molecule has 0 saturated carbocycles. The molecule has 0 atom stereocenters. The second kappa shape index (κ2) is 7.27. The van der Waals surface area contributed by atoms with E-state index in [1.165, 1.54) is 0 Å². The number of hydrogen-bond acceptors (Lipinski definition) is 4. The minimum absolute atomic E-state index is 0.104. The fraction of sp³-hybridized carbons (Fsp3) is 0.476. The molecule has 2 aliphatic rings. The second-order valence-electron chi connectivity index (χ2n) is 7.64. The summed E-state index contributed by atoms with van der Waals surface area (Å²) in [5, 5.41) is 0.966. The van der Waals surface area contributed by atoms with Crippen LogP contribution in [0.2, 0.25) is 0 Å². The Hall–Kier alpha value is -2.47. The maximum Gasteiger partial charge on any atom is 0.254 e. The Kier molecular flexibility index (Phi) is 4.83. The number of rotatable bonds is 3. The van der Waals surface area contributed by atoms with Gasteiger partial charge in [0.1, 0.15) is 0 Å². The third-order valence-electron chi connectivity index (χ3n) is 5.65. The van der Waals surface area contributed by atoms with Gasteiger partial charge in [0.25, 0.3) is 5.91 Å². The molecule has 1 aromatic heterocycles. The molecular weight excluding hydrogens is 340 g/mol. The summed E-state index contributed by atoms with van der Waals surface area (Å²) in [4.78, 5) is 35.8. The number of carbonyl (C=O) groups is 2. The molecule has 1 aromatic carbocycles. The van der Waals surface area contributed by atoms with Gasteiger partial charge in [0.05, 0.1) is 17.6 Å². The Bertz CT molecular complexity index is 885. The summed E-state index contributed by atoms with van der Waals surface area (Å²) < 4.78 is 0. The van der Waals surface area contributed by atoms with Crippen molar-refractivity contribution in [1.29, 1.82) is 0 Å². The number of piperazine rings is 1. The molecule has 1 aliphatic heterocycles. The smallest absolute Gasteiger partial charge is 0.254 e. The van der Waals surface area contributed by atoms with E-state index in [9.17, 15) is 9.59 Å². The van der Waals surface area contributed by atoms with Crippen molar-refractivity contribution in [3.05, 3.63) is 41.1 Å². The first kappa shape index (κ1) is 17.9. The minimum atomic E-state index is 0.104. The summed E-state index contributed by atoms with van der Waals surface area (Å²) in [6, 6.07) is 7.97. The Labute approximate surface area is 159 Å². The number of aryl methyl sites for hydroxylation is 1. The number of aromatic nitrogens is 1. The Balaban J connectivity index is 1.55. The Morgan fingerprint density at radius 3 is 2.56 bits per heavy atom. The van der Waals surface area contributed by atoms with E-state index in [4.69, 9.17) is 4.98 Å². The van der Waals surface area contributed by atoms with Gasteiger partial charge < -0.3 is 9.80 Å². The highest BCUT2D eigenvalue weighted by atomic mass is 16.2. The van der Waals surface area contributed by atoms with Crippen LogP contribution >= 0.6 is 0 Å². The second-order valence-corrected chi connectivity index (χ2v) is 7.64. The van der Waals surface area contributed by atoms with Crippen LogP contribution in [0.25, 0.3) is 10.9 Å². The summed E-state index contributed by atoms with van der Waals surface area (Å²) in [7, 11) is 3.55. The molecule has 1 saturated heterocycles. The highest BCUT2D eigenvalue weighted by Crippen LogP contribution is 2.31. The largest absolute Gasteiger partial charge is 0.348 e. The predicted molar refractivity (Wildman–Crippen MR) is 105 cm³/mol. The maximum absolute atomic E-state index is 13.4. The van der Waals surface area contributed by atoms with Crippen LogP contribution in [0, 0.1) is 0 Å². The van der Waals surface area contributed by atoms with E-state index in [0.717, 1.165) is 60.1 Å². The van der Waals surface area contributed by atoms with Gasteiger partial charge in [-0.2, -0.15) is 0 Å². The number of carbonyl (C=O) groups excluding carboxylic acids is 2. The van der Waals surface area contributed by atoms with Crippen LogP contribution in [0.5, 0.6) is 0 Å². The van der Waals surface area contributed by atoms with Gasteiger partial charge in [-0.3, -0.25) is 19.5 Å². The highest BCUT2D eigenvalue weighted by molar-refractivity contribution is 6.07. The predicted octanol–water partition coefficient (Wildman–Crippen LogP) is 1.57. The lowest BCUT2D eigenvalue weighted by molar-refractivity contribution is -0.130. The van der Waals surface area contributed by atoms with E-state index >= 15 is 0 Å². The average molecular weight is 366 g/mol. The number of likely N-dealkylation sites (N-methyl/N-ethyl adjacent to an activating group) is 1. The van der Waals surface area contributed by atoms with E-state index in [2.05, 4.69) is 4.90 Å². The van der Waals surface area contributed by atoms with Gasteiger partial charge in [0.15, 0.2) is 0 Å². The van der Waals surface area contributed by atoms with Crippen LogP contribution in [-0.2, 0) is 17.6 Å². The molecular formula is C21H26N4O2. The first-order valence-electron chi connectivity index (χ1n) is 9.67. The topological polar surface area (TPSA) is 56.8 Å². The quantitative estimate of drug-likeness (QED) is 0.827. The molecule has 142 valence electrons. The van der Waals surface area contributed by atoms with Crippen molar-refractivity contribution in [3.63, 3.8) is 0 Å². The SMILES string of the molecule is CN(C)C(=O)CN1CCN(C(=O)c2c3c(nc4ccccc24)CCC3)CC1. The van der Waals surface area contributed by atoms with Crippen LogP contribution in [-0.4, -0.2) is 78.3 Å². The highest BCUT2D eigenvalue weighted by Gasteiger charge is 2.29. The van der Waals surface area contributed by atoms with Gasteiger partial charge in [0, 0.05) is 51.4 Å². The number of hydrogen-bond donors (Lipinski definition) is 0. The van der Waals surface area contributed by atoms with E-state index in [0.29, 0.717) is 19.6 Å². The normalized spacial score (nSPS) is 17.2. The summed E-state index contributed by atoms with van der Waals surface area (Å²) in [6.45, 7) is 3.20. The lowest BCUT2D eigenvalue weighted by Gasteiger charge is -2.35. The molecule has 2 aromatic rings. The number of pyridine rings is 1. The summed E-state index contributed by atoms with van der Waals surface area (Å²) in [5.74, 6) is 0.220. The number of fused-ring (bicyclic) bond motifs is 2. The van der Waals surface area contributed by atoms with Crippen molar-refractivity contribution < 1.29 is 9.59 Å². The first-order valence-corrected chi connectivity index (χ1v) is 9.67. The molecule has 4 rings (SSSR count). The molecule has 6 nitrogen and oxygen atoms in total. The summed E-state index contributed by atoms with van der Waals surface area (Å²) in [5.41, 5.74) is 4.00. The number of amides is 2. The van der Waals surface area contributed by atoms with E-state index < -0.39 is 0 Å². The molecule has 0 radical (unpaired) electrons. The lowest BCUT2D eigenvalue weighted by atomic mass is 9.99. The zero-order chi connectivity index (χ0) is 19.0. The van der Waals surface area contributed by atoms with Crippen molar-refractivity contribution in [1.82, 2.24) is 19.7 Å². The summed E-state index contributed by atoms with van der Waals surface area (Å²) >= 11 is 0. The number of nitrogens with zero attached hydrogens (tertiary/aromatic N) is 4. The molecule has 0 bridgehead atoms. The molecule has 27 heavy (non-hydrogen) atoms. The monoisotopic (exact) mass is 366 g/mol. The van der Waals surface area contributed by atoms with Crippen molar-refractivity contribution in [3.8, 4) is 0 Å². The van der Waals surface area contributed by atoms with Crippen LogP contribution in [0.4, 0.5) is 0 Å². The molecule has 2 heterocycles. The standard InChI is InChI=1S/C21H26N4O2/c1-23(2)19(26)14-24-10-12-25(13-11-24)21(27)20-15-6-3-4-8-17(15)22-18-9-5-7-16(18)20/h3-4,6,8H,5,7,9-14H2,1-2H3. The fourth-order valence-corrected chi connectivity index (χ4v) is 4.06. The average Bonchev–Trinajstić information content (AvgIpc) is 3.14. The lowest BCUT2D eigenvalue weighted by Crippen LogP contribution is -2.51. The Morgan fingerprint density at radius 2 is 1.81 bits per heavy atom. The number of benzene rings is 1. The van der Waals surface area contributed by atoms with Gasteiger partial charge in [-0.05, 0) is 30.9 Å². The molecule has 2 amide bonds. The van der Waals surface area contributed by atoms with Crippen LogP contribution in [0.3, 0.4) is 0 Å². The van der Waals surface area contributed by atoms with Gasteiger partial charge in [-0.1, -0.05) is 18.2 Å². The molecule has 0 N–H and O–H groups in total. The van der Waals surface area contributed by atoms with Gasteiger partial charge in [-0.25, -0.2) is 0 Å². The zero-order valence-electron chi connectivity index (χ0n) is 16.1. The molecule has 6 heteroatoms. The van der Waals surface area contributed by atoms with Crippen LogP contribution in [0.1, 0.15) is 28.0 Å². The third-order valence-corrected chi connectivity index (χ3v) is 5.65. The molecule has 1 fully saturated rings. The van der Waals surface area contributed by atoms with Crippen LogP contribution < -0.4 is 0 Å².